The van der Waals surface area contributed by atoms with Crippen LogP contribution in [0.15, 0.2) is 24.3 Å². The van der Waals surface area contributed by atoms with Crippen LogP contribution < -0.4 is 5.32 Å². The number of hydrogen-bond acceptors (Lipinski definition) is 2. The zero-order valence-electron chi connectivity index (χ0n) is 8.67. The van der Waals surface area contributed by atoms with Gasteiger partial charge in [0.15, 0.2) is 0 Å². The molecular formula is C11H11F3N2. The predicted octanol–water partition coefficient (Wildman–Crippen LogP) is 2.71. The smallest absolute Gasteiger partial charge is 0.290 e. The van der Waals surface area contributed by atoms with Crippen molar-refractivity contribution in [3.05, 3.63) is 35.4 Å². The molecule has 1 aromatic rings. The average molecular weight is 228 g/mol. The normalized spacial score (nSPS) is 13.2. The Bertz CT molecular complexity index is 393. The summed E-state index contributed by atoms with van der Waals surface area (Å²) in [5.74, 6) is 0. The van der Waals surface area contributed by atoms with Gasteiger partial charge in [0.1, 0.15) is 6.04 Å². The fourth-order valence-corrected chi connectivity index (χ4v) is 1.35. The third-order valence-corrected chi connectivity index (χ3v) is 2.14. The van der Waals surface area contributed by atoms with Crippen LogP contribution in [-0.4, -0.2) is 12.7 Å². The van der Waals surface area contributed by atoms with Gasteiger partial charge in [-0.05, 0) is 18.1 Å². The Morgan fingerprint density at radius 2 is 2.00 bits per heavy atom. The van der Waals surface area contributed by atoms with E-state index in [1.54, 1.807) is 31.2 Å². The fraction of sp³-hybridized carbons (Fsp3) is 0.364. The molecule has 16 heavy (non-hydrogen) atoms. The molecule has 0 heterocycles. The number of rotatable bonds is 3. The molecule has 0 aliphatic rings. The summed E-state index contributed by atoms with van der Waals surface area (Å²) in [4.78, 5) is 0. The second kappa shape index (κ2) is 4.99. The molecular weight excluding hydrogens is 217 g/mol. The van der Waals surface area contributed by atoms with Gasteiger partial charge in [-0.15, -0.1) is 0 Å². The highest BCUT2D eigenvalue weighted by molar-refractivity contribution is 5.32. The summed E-state index contributed by atoms with van der Waals surface area (Å²) >= 11 is 0. The first-order valence-electron chi connectivity index (χ1n) is 4.69. The maximum Gasteiger partial charge on any atom is 0.401 e. The van der Waals surface area contributed by atoms with E-state index in [-0.39, 0.29) is 0 Å². The first-order valence-corrected chi connectivity index (χ1v) is 4.69. The average Bonchev–Trinajstić information content (AvgIpc) is 2.20. The third-order valence-electron chi connectivity index (χ3n) is 2.14. The fourth-order valence-electron chi connectivity index (χ4n) is 1.35. The SMILES string of the molecule is Cc1ccccc1C(C#N)NCC(F)(F)F. The quantitative estimate of drug-likeness (QED) is 0.863. The minimum Gasteiger partial charge on any atom is -0.290 e. The Balaban J connectivity index is 2.77. The molecule has 0 aliphatic carbocycles. The van der Waals surface area contributed by atoms with Crippen molar-refractivity contribution in [1.29, 1.82) is 5.26 Å². The number of nitrogens with one attached hydrogen (secondary N) is 1. The molecule has 1 unspecified atom stereocenters. The second-order valence-corrected chi connectivity index (χ2v) is 3.41. The second-order valence-electron chi connectivity index (χ2n) is 3.41. The molecule has 86 valence electrons. The number of alkyl halides is 3. The van der Waals surface area contributed by atoms with Crippen molar-refractivity contribution in [2.24, 2.45) is 0 Å². The van der Waals surface area contributed by atoms with Crippen LogP contribution in [0.25, 0.3) is 0 Å². The molecule has 0 fully saturated rings. The Morgan fingerprint density at radius 3 is 2.50 bits per heavy atom. The lowest BCUT2D eigenvalue weighted by atomic mass is 10.0. The van der Waals surface area contributed by atoms with Crippen LogP contribution in [0.4, 0.5) is 13.2 Å². The molecule has 0 saturated heterocycles. The van der Waals surface area contributed by atoms with Crippen molar-refractivity contribution < 1.29 is 13.2 Å². The van der Waals surface area contributed by atoms with Gasteiger partial charge in [-0.2, -0.15) is 18.4 Å². The van der Waals surface area contributed by atoms with Gasteiger partial charge in [0.2, 0.25) is 0 Å². The van der Waals surface area contributed by atoms with Crippen LogP contribution in [0.2, 0.25) is 0 Å². The molecule has 2 nitrogen and oxygen atoms in total. The summed E-state index contributed by atoms with van der Waals surface area (Å²) in [5, 5.41) is 11.0. The van der Waals surface area contributed by atoms with Crippen LogP contribution in [0.3, 0.4) is 0 Å². The van der Waals surface area contributed by atoms with Gasteiger partial charge in [0.25, 0.3) is 0 Å². The molecule has 1 N–H and O–H groups in total. The lowest BCUT2D eigenvalue weighted by Gasteiger charge is -2.15. The van der Waals surface area contributed by atoms with Gasteiger partial charge in [-0.25, -0.2) is 0 Å². The minimum absolute atomic E-state index is 0.578. The molecule has 0 aliphatic heterocycles. The molecule has 0 bridgehead atoms. The van der Waals surface area contributed by atoms with Crippen molar-refractivity contribution >= 4 is 0 Å². The summed E-state index contributed by atoms with van der Waals surface area (Å²) in [5.41, 5.74) is 1.37. The zero-order chi connectivity index (χ0) is 12.2. The van der Waals surface area contributed by atoms with E-state index < -0.39 is 18.8 Å². The number of nitriles is 1. The van der Waals surface area contributed by atoms with Crippen molar-refractivity contribution in [1.82, 2.24) is 5.32 Å². The largest absolute Gasteiger partial charge is 0.401 e. The Hall–Kier alpha value is -1.54. The summed E-state index contributed by atoms with van der Waals surface area (Å²) < 4.78 is 36.0. The molecule has 0 amide bonds. The third kappa shape index (κ3) is 3.55. The standard InChI is InChI=1S/C11H11F3N2/c1-8-4-2-3-5-9(8)10(6-15)16-7-11(12,13)14/h2-5,10,16H,7H2,1H3. The number of nitrogens with zero attached hydrogens (tertiary/aromatic N) is 1. The van der Waals surface area contributed by atoms with Gasteiger partial charge in [0.05, 0.1) is 12.6 Å². The summed E-state index contributed by atoms with van der Waals surface area (Å²) in [6.07, 6.45) is -4.31. The van der Waals surface area contributed by atoms with Gasteiger partial charge >= 0.3 is 6.18 Å². The minimum atomic E-state index is -4.31. The van der Waals surface area contributed by atoms with Gasteiger partial charge in [-0.1, -0.05) is 24.3 Å². The van der Waals surface area contributed by atoms with E-state index in [0.29, 0.717) is 5.56 Å². The number of halogens is 3. The number of benzene rings is 1. The molecule has 0 radical (unpaired) electrons. The van der Waals surface area contributed by atoms with Crippen molar-refractivity contribution in [2.45, 2.75) is 19.1 Å². The molecule has 0 aromatic heterocycles. The summed E-state index contributed by atoms with van der Waals surface area (Å²) in [6, 6.07) is 7.77. The van der Waals surface area contributed by atoms with E-state index in [0.717, 1.165) is 5.56 Å². The van der Waals surface area contributed by atoms with Crippen molar-refractivity contribution in [3.8, 4) is 6.07 Å². The summed E-state index contributed by atoms with van der Waals surface area (Å²) in [7, 11) is 0. The Kier molecular flexibility index (Phi) is 3.91. The van der Waals surface area contributed by atoms with Crippen LogP contribution in [0.1, 0.15) is 17.2 Å². The maximum atomic E-state index is 12.0. The zero-order valence-corrected chi connectivity index (χ0v) is 8.67. The molecule has 1 rings (SSSR count). The van der Waals surface area contributed by atoms with Crippen LogP contribution in [0.5, 0.6) is 0 Å². The van der Waals surface area contributed by atoms with E-state index in [9.17, 15) is 13.2 Å². The number of hydrogen-bond donors (Lipinski definition) is 1. The first-order chi connectivity index (χ1) is 7.44. The molecule has 5 heteroatoms. The molecule has 1 atom stereocenters. The summed E-state index contributed by atoms with van der Waals surface area (Å²) in [6.45, 7) is 0.592. The topological polar surface area (TPSA) is 35.8 Å². The van der Waals surface area contributed by atoms with E-state index in [2.05, 4.69) is 5.32 Å². The van der Waals surface area contributed by atoms with E-state index >= 15 is 0 Å². The molecule has 1 aromatic carbocycles. The van der Waals surface area contributed by atoms with Crippen LogP contribution >= 0.6 is 0 Å². The Labute approximate surface area is 91.7 Å². The number of aryl methyl sites for hydroxylation is 1. The van der Waals surface area contributed by atoms with Crippen LogP contribution in [-0.2, 0) is 0 Å². The molecule has 0 spiro atoms. The van der Waals surface area contributed by atoms with E-state index in [1.807, 2.05) is 6.07 Å². The highest BCUT2D eigenvalue weighted by atomic mass is 19.4. The lowest BCUT2D eigenvalue weighted by molar-refractivity contribution is -0.125. The van der Waals surface area contributed by atoms with Gasteiger partial charge < -0.3 is 0 Å². The highest BCUT2D eigenvalue weighted by Crippen LogP contribution is 2.19. The predicted molar refractivity (Wildman–Crippen MR) is 53.6 cm³/mol. The van der Waals surface area contributed by atoms with E-state index in [4.69, 9.17) is 5.26 Å². The van der Waals surface area contributed by atoms with Crippen molar-refractivity contribution in [2.75, 3.05) is 6.54 Å². The Morgan fingerprint density at radius 1 is 1.38 bits per heavy atom. The lowest BCUT2D eigenvalue weighted by Crippen LogP contribution is -2.31. The van der Waals surface area contributed by atoms with Crippen molar-refractivity contribution in [3.63, 3.8) is 0 Å². The van der Waals surface area contributed by atoms with Gasteiger partial charge in [-0.3, -0.25) is 5.32 Å². The van der Waals surface area contributed by atoms with E-state index in [1.165, 1.54) is 0 Å². The van der Waals surface area contributed by atoms with Crippen LogP contribution in [0, 0.1) is 18.3 Å². The monoisotopic (exact) mass is 228 g/mol. The molecule has 0 saturated carbocycles. The highest BCUT2D eigenvalue weighted by Gasteiger charge is 2.28. The maximum absolute atomic E-state index is 12.0. The van der Waals surface area contributed by atoms with Gasteiger partial charge in [0, 0.05) is 0 Å². The first kappa shape index (κ1) is 12.5.